The summed E-state index contributed by atoms with van der Waals surface area (Å²) in [5.41, 5.74) is 6.28. The molecule has 3 aromatic rings. The van der Waals surface area contributed by atoms with Crippen LogP contribution in [-0.2, 0) is 0 Å². The number of ether oxygens (including phenoxy) is 1. The summed E-state index contributed by atoms with van der Waals surface area (Å²) in [6.45, 7) is 2.21. The summed E-state index contributed by atoms with van der Waals surface area (Å²) in [4.78, 5) is 0. The first-order chi connectivity index (χ1) is 11.8. The first-order valence-corrected chi connectivity index (χ1v) is 8.32. The molecule has 0 aliphatic carbocycles. The van der Waals surface area contributed by atoms with Crippen LogP contribution in [0.1, 0.15) is 30.0 Å². The van der Waals surface area contributed by atoms with Crippen LogP contribution in [0.4, 0.5) is 0 Å². The van der Waals surface area contributed by atoms with Crippen molar-refractivity contribution in [3.63, 3.8) is 0 Å². The van der Waals surface area contributed by atoms with Crippen molar-refractivity contribution in [2.24, 2.45) is 0 Å². The fourth-order valence-electron chi connectivity index (χ4n) is 3.06. The van der Waals surface area contributed by atoms with Gasteiger partial charge in [-0.05, 0) is 46.4 Å². The second kappa shape index (κ2) is 7.65. The summed E-state index contributed by atoms with van der Waals surface area (Å²) in [7, 11) is 1.71. The molecule has 0 saturated carbocycles. The van der Waals surface area contributed by atoms with Gasteiger partial charge >= 0.3 is 0 Å². The van der Waals surface area contributed by atoms with E-state index in [9.17, 15) is 0 Å². The number of benzene rings is 3. The van der Waals surface area contributed by atoms with Crippen LogP contribution >= 0.6 is 0 Å². The molecule has 3 aromatic carbocycles. The zero-order valence-corrected chi connectivity index (χ0v) is 14.2. The fourth-order valence-corrected chi connectivity index (χ4v) is 3.06. The van der Waals surface area contributed by atoms with Gasteiger partial charge in [0.2, 0.25) is 0 Å². The van der Waals surface area contributed by atoms with E-state index < -0.39 is 0 Å². The Kier molecular flexibility index (Phi) is 5.12. The van der Waals surface area contributed by atoms with Crippen molar-refractivity contribution in [3.8, 4) is 5.75 Å². The van der Waals surface area contributed by atoms with E-state index in [4.69, 9.17) is 4.74 Å². The Morgan fingerprint density at radius 1 is 0.708 bits per heavy atom. The predicted molar refractivity (Wildman–Crippen MR) is 102 cm³/mol. The van der Waals surface area contributed by atoms with E-state index in [2.05, 4.69) is 85.8 Å². The summed E-state index contributed by atoms with van der Waals surface area (Å²) >= 11 is 0. The van der Waals surface area contributed by atoms with Crippen molar-refractivity contribution < 1.29 is 4.74 Å². The maximum Gasteiger partial charge on any atom is 0.119 e. The third-order valence-electron chi connectivity index (χ3n) is 4.20. The zero-order chi connectivity index (χ0) is 16.8. The average Bonchev–Trinajstić information content (AvgIpc) is 2.67. The van der Waals surface area contributed by atoms with Crippen molar-refractivity contribution in [1.29, 1.82) is 0 Å². The molecule has 120 valence electrons. The van der Waals surface area contributed by atoms with Crippen LogP contribution in [0.15, 0.2) is 84.9 Å². The molecule has 1 heteroatoms. The van der Waals surface area contributed by atoms with Gasteiger partial charge in [0.25, 0.3) is 0 Å². The second-order valence-electron chi connectivity index (χ2n) is 5.67. The Hall–Kier alpha value is -2.80. The lowest BCUT2D eigenvalue weighted by molar-refractivity contribution is 0.414. The Labute approximate surface area is 144 Å². The summed E-state index contributed by atoms with van der Waals surface area (Å²) < 4.78 is 5.44. The van der Waals surface area contributed by atoms with Crippen molar-refractivity contribution in [1.82, 2.24) is 0 Å². The van der Waals surface area contributed by atoms with Crippen LogP contribution in [-0.4, -0.2) is 7.11 Å². The second-order valence-corrected chi connectivity index (χ2v) is 5.67. The zero-order valence-electron chi connectivity index (χ0n) is 14.2. The Morgan fingerprint density at radius 2 is 1.29 bits per heavy atom. The molecular weight excluding hydrogens is 292 g/mol. The maximum absolute atomic E-state index is 5.44. The van der Waals surface area contributed by atoms with Crippen molar-refractivity contribution >= 4 is 11.1 Å². The first kappa shape index (κ1) is 16.1. The number of rotatable bonds is 5. The van der Waals surface area contributed by atoms with Gasteiger partial charge in [0, 0.05) is 0 Å². The van der Waals surface area contributed by atoms with Gasteiger partial charge < -0.3 is 4.74 Å². The standard InChI is InChI=1S/C23H22O/c1-3-22(18-11-6-4-7-12-18)23(19-13-8-5-9-14-19)20-15-10-16-21(17-20)24-2/h4-17H,3H2,1-2H3/b23-22-. The number of allylic oxidation sites excluding steroid dienone is 1. The molecule has 0 unspecified atom stereocenters. The highest BCUT2D eigenvalue weighted by molar-refractivity contribution is 5.98. The van der Waals surface area contributed by atoms with Crippen molar-refractivity contribution in [2.75, 3.05) is 7.11 Å². The van der Waals surface area contributed by atoms with Crippen LogP contribution in [0.5, 0.6) is 5.75 Å². The molecule has 0 fully saturated rings. The molecule has 3 rings (SSSR count). The number of methoxy groups -OCH3 is 1. The van der Waals surface area contributed by atoms with E-state index in [0.29, 0.717) is 0 Å². The Bertz CT molecular complexity index is 817. The molecule has 0 radical (unpaired) electrons. The van der Waals surface area contributed by atoms with Crippen LogP contribution in [0.3, 0.4) is 0 Å². The summed E-state index contributed by atoms with van der Waals surface area (Å²) in [5.74, 6) is 0.879. The molecule has 0 N–H and O–H groups in total. The summed E-state index contributed by atoms with van der Waals surface area (Å²) in [6, 6.07) is 29.5. The predicted octanol–water partition coefficient (Wildman–Crippen LogP) is 6.06. The first-order valence-electron chi connectivity index (χ1n) is 8.32. The van der Waals surface area contributed by atoms with Gasteiger partial charge in [-0.1, -0.05) is 79.7 Å². The molecule has 0 atom stereocenters. The van der Waals surface area contributed by atoms with E-state index in [1.165, 1.54) is 27.8 Å². The highest BCUT2D eigenvalue weighted by Gasteiger charge is 2.13. The van der Waals surface area contributed by atoms with Gasteiger partial charge in [-0.15, -0.1) is 0 Å². The largest absolute Gasteiger partial charge is 0.497 e. The molecule has 0 amide bonds. The Morgan fingerprint density at radius 3 is 1.88 bits per heavy atom. The normalized spacial score (nSPS) is 11.8. The minimum atomic E-state index is 0.879. The molecule has 0 aliphatic rings. The smallest absolute Gasteiger partial charge is 0.119 e. The minimum Gasteiger partial charge on any atom is -0.497 e. The topological polar surface area (TPSA) is 9.23 Å². The van der Waals surface area contributed by atoms with E-state index in [-0.39, 0.29) is 0 Å². The molecule has 1 nitrogen and oxygen atoms in total. The highest BCUT2D eigenvalue weighted by atomic mass is 16.5. The molecule has 0 aromatic heterocycles. The van der Waals surface area contributed by atoms with Gasteiger partial charge in [0.1, 0.15) is 5.75 Å². The molecule has 0 heterocycles. The Balaban J connectivity index is 2.27. The molecule has 0 spiro atoms. The maximum atomic E-state index is 5.44. The van der Waals surface area contributed by atoms with Gasteiger partial charge in [-0.25, -0.2) is 0 Å². The molecule has 0 saturated heterocycles. The average molecular weight is 314 g/mol. The summed E-state index contributed by atoms with van der Waals surface area (Å²) in [6.07, 6.45) is 0.964. The van der Waals surface area contributed by atoms with Crippen molar-refractivity contribution in [2.45, 2.75) is 13.3 Å². The lowest BCUT2D eigenvalue weighted by atomic mass is 9.88. The van der Waals surface area contributed by atoms with Gasteiger partial charge in [-0.2, -0.15) is 0 Å². The van der Waals surface area contributed by atoms with Crippen LogP contribution in [0.25, 0.3) is 11.1 Å². The van der Waals surface area contributed by atoms with Crippen LogP contribution < -0.4 is 4.74 Å². The number of hydrogen-bond donors (Lipinski definition) is 0. The fraction of sp³-hybridized carbons (Fsp3) is 0.130. The third kappa shape index (κ3) is 3.41. The van der Waals surface area contributed by atoms with E-state index in [1.807, 2.05) is 6.07 Å². The number of hydrogen-bond acceptors (Lipinski definition) is 1. The quantitative estimate of drug-likeness (QED) is 0.520. The lowest BCUT2D eigenvalue weighted by Gasteiger charge is -2.17. The van der Waals surface area contributed by atoms with Crippen LogP contribution in [0, 0.1) is 0 Å². The molecule has 0 bridgehead atoms. The molecular formula is C23H22O. The van der Waals surface area contributed by atoms with Crippen LogP contribution in [0.2, 0.25) is 0 Å². The summed E-state index contributed by atoms with van der Waals surface area (Å²) in [5, 5.41) is 0. The van der Waals surface area contributed by atoms with Crippen molar-refractivity contribution in [3.05, 3.63) is 102 Å². The van der Waals surface area contributed by atoms with E-state index >= 15 is 0 Å². The highest BCUT2D eigenvalue weighted by Crippen LogP contribution is 2.35. The van der Waals surface area contributed by atoms with Gasteiger partial charge in [0.05, 0.1) is 7.11 Å². The lowest BCUT2D eigenvalue weighted by Crippen LogP contribution is -1.95. The molecule has 24 heavy (non-hydrogen) atoms. The third-order valence-corrected chi connectivity index (χ3v) is 4.20. The monoisotopic (exact) mass is 314 g/mol. The van der Waals surface area contributed by atoms with Gasteiger partial charge in [0.15, 0.2) is 0 Å². The molecule has 0 aliphatic heterocycles. The van der Waals surface area contributed by atoms with E-state index in [1.54, 1.807) is 7.11 Å². The van der Waals surface area contributed by atoms with Gasteiger partial charge in [-0.3, -0.25) is 0 Å². The van der Waals surface area contributed by atoms with E-state index in [0.717, 1.165) is 12.2 Å². The SMILES string of the molecule is CC/C(=C(\c1ccccc1)c1cccc(OC)c1)c1ccccc1. The minimum absolute atomic E-state index is 0.879.